The molecular weight excluding hydrogens is 428 g/mol. The lowest BCUT2D eigenvalue weighted by atomic mass is 9.89. The summed E-state index contributed by atoms with van der Waals surface area (Å²) in [4.78, 5) is 15.8. The second-order valence-electron chi connectivity index (χ2n) is 9.62. The molecule has 0 aliphatic carbocycles. The maximum atomic E-state index is 13.3. The van der Waals surface area contributed by atoms with Crippen molar-refractivity contribution >= 4 is 16.8 Å². The maximum absolute atomic E-state index is 13.3. The number of aromatic hydroxyl groups is 1. The van der Waals surface area contributed by atoms with E-state index in [0.29, 0.717) is 37.7 Å². The molecule has 2 aliphatic heterocycles. The molecule has 34 heavy (non-hydrogen) atoms. The molecule has 1 amide bonds. The van der Waals surface area contributed by atoms with Crippen LogP contribution < -0.4 is 5.32 Å². The normalized spacial score (nSPS) is 22.5. The number of nitrogens with zero attached hydrogens (tertiary/aromatic N) is 3. The lowest BCUT2D eigenvalue weighted by Gasteiger charge is -2.48. The van der Waals surface area contributed by atoms with Crippen molar-refractivity contribution in [1.29, 1.82) is 0 Å². The van der Waals surface area contributed by atoms with Crippen molar-refractivity contribution in [3.8, 4) is 5.75 Å². The quantitative estimate of drug-likeness (QED) is 0.546. The first-order chi connectivity index (χ1) is 16.5. The average Bonchev–Trinajstić information content (AvgIpc) is 3.18. The van der Waals surface area contributed by atoms with Crippen LogP contribution in [0.5, 0.6) is 5.75 Å². The molecular formula is C27H32N4O3. The predicted molar refractivity (Wildman–Crippen MR) is 132 cm³/mol. The third kappa shape index (κ3) is 4.58. The number of hydrogen-bond donors (Lipinski definition) is 2. The fourth-order valence-electron chi connectivity index (χ4n) is 5.16. The van der Waals surface area contributed by atoms with E-state index >= 15 is 0 Å². The van der Waals surface area contributed by atoms with Crippen molar-refractivity contribution in [3.05, 3.63) is 71.4 Å². The van der Waals surface area contributed by atoms with Gasteiger partial charge in [-0.2, -0.15) is 5.10 Å². The molecule has 7 nitrogen and oxygen atoms in total. The van der Waals surface area contributed by atoms with Crippen molar-refractivity contribution in [2.75, 3.05) is 13.2 Å². The van der Waals surface area contributed by atoms with Crippen LogP contribution in [-0.2, 0) is 17.8 Å². The first-order valence-electron chi connectivity index (χ1n) is 12.0. The minimum Gasteiger partial charge on any atom is -0.508 e. The van der Waals surface area contributed by atoms with Crippen LogP contribution in [0.15, 0.2) is 60.2 Å². The molecule has 178 valence electrons. The highest BCUT2D eigenvalue weighted by atomic mass is 16.5. The number of morpholine rings is 1. The lowest BCUT2D eigenvalue weighted by Crippen LogP contribution is -2.60. The van der Waals surface area contributed by atoms with Crippen LogP contribution in [0.1, 0.15) is 42.7 Å². The van der Waals surface area contributed by atoms with Gasteiger partial charge in [0.2, 0.25) is 0 Å². The minimum atomic E-state index is -0.120. The summed E-state index contributed by atoms with van der Waals surface area (Å²) in [5.41, 5.74) is 3.59. The smallest absolute Gasteiger partial charge is 0.272 e. The molecule has 2 saturated heterocycles. The van der Waals surface area contributed by atoms with E-state index in [9.17, 15) is 9.90 Å². The Bertz CT molecular complexity index is 1200. The van der Waals surface area contributed by atoms with Crippen LogP contribution in [0, 0.1) is 0 Å². The van der Waals surface area contributed by atoms with Gasteiger partial charge in [0.15, 0.2) is 5.69 Å². The summed E-state index contributed by atoms with van der Waals surface area (Å²) < 4.78 is 7.74. The molecule has 2 N–H and O–H groups in total. The van der Waals surface area contributed by atoms with E-state index in [1.807, 2.05) is 47.1 Å². The Balaban J connectivity index is 1.31. The Kier molecular flexibility index (Phi) is 6.39. The van der Waals surface area contributed by atoms with Gasteiger partial charge in [0.25, 0.3) is 5.91 Å². The highest BCUT2D eigenvalue weighted by molar-refractivity contribution is 6.05. The highest BCUT2D eigenvalue weighted by Gasteiger charge is 2.40. The van der Waals surface area contributed by atoms with Gasteiger partial charge in [-0.1, -0.05) is 48.0 Å². The van der Waals surface area contributed by atoms with E-state index in [-0.39, 0.29) is 24.0 Å². The zero-order chi connectivity index (χ0) is 23.7. The van der Waals surface area contributed by atoms with E-state index in [2.05, 4.69) is 35.2 Å². The number of carbonyl (C=O) groups excluding carboxylic acids is 1. The molecule has 2 fully saturated rings. The highest BCUT2D eigenvalue weighted by Crippen LogP contribution is 2.31. The molecule has 0 radical (unpaired) electrons. The van der Waals surface area contributed by atoms with E-state index in [0.717, 1.165) is 29.3 Å². The number of allylic oxidation sites excluding steroid dienone is 2. The molecule has 0 saturated carbocycles. The molecule has 1 aromatic heterocycles. The molecule has 5 rings (SSSR count). The van der Waals surface area contributed by atoms with E-state index in [1.54, 1.807) is 6.07 Å². The number of piperidine rings is 1. The summed E-state index contributed by atoms with van der Waals surface area (Å²) in [6.45, 7) is 6.72. The van der Waals surface area contributed by atoms with Crippen LogP contribution in [0.3, 0.4) is 0 Å². The first kappa shape index (κ1) is 22.6. The fourth-order valence-corrected chi connectivity index (χ4v) is 5.16. The van der Waals surface area contributed by atoms with Crippen molar-refractivity contribution in [2.45, 2.75) is 57.9 Å². The second-order valence-corrected chi connectivity index (χ2v) is 9.62. The summed E-state index contributed by atoms with van der Waals surface area (Å²) >= 11 is 0. The maximum Gasteiger partial charge on any atom is 0.272 e. The Morgan fingerprint density at radius 1 is 1.12 bits per heavy atom. The molecule has 2 unspecified atom stereocenters. The molecule has 3 aromatic rings. The van der Waals surface area contributed by atoms with Crippen molar-refractivity contribution in [1.82, 2.24) is 20.0 Å². The topological polar surface area (TPSA) is 79.6 Å². The molecule has 0 spiro atoms. The number of nitrogens with one attached hydrogen (secondary N) is 1. The van der Waals surface area contributed by atoms with Gasteiger partial charge in [-0.15, -0.1) is 0 Å². The van der Waals surface area contributed by atoms with E-state index in [1.165, 1.54) is 5.57 Å². The molecule has 2 aliphatic rings. The Morgan fingerprint density at radius 2 is 1.82 bits per heavy atom. The van der Waals surface area contributed by atoms with Crippen LogP contribution in [0.2, 0.25) is 0 Å². The van der Waals surface area contributed by atoms with Gasteiger partial charge in [0.1, 0.15) is 5.75 Å². The van der Waals surface area contributed by atoms with Crippen molar-refractivity contribution in [2.24, 2.45) is 0 Å². The third-order valence-corrected chi connectivity index (χ3v) is 6.90. The summed E-state index contributed by atoms with van der Waals surface area (Å²) in [5.74, 6) is 0.206. The van der Waals surface area contributed by atoms with Gasteiger partial charge in [-0.25, -0.2) is 0 Å². The summed E-state index contributed by atoms with van der Waals surface area (Å²) in [6.07, 6.45) is 3.74. The zero-order valence-corrected chi connectivity index (χ0v) is 19.8. The van der Waals surface area contributed by atoms with Crippen molar-refractivity contribution < 1.29 is 14.6 Å². The molecule has 2 atom stereocenters. The van der Waals surface area contributed by atoms with E-state index < -0.39 is 0 Å². The molecule has 7 heteroatoms. The number of ether oxygens (including phenoxy) is 1. The average molecular weight is 461 g/mol. The van der Waals surface area contributed by atoms with Crippen LogP contribution in [-0.4, -0.2) is 57.0 Å². The van der Waals surface area contributed by atoms with Crippen molar-refractivity contribution in [3.63, 3.8) is 0 Å². The summed E-state index contributed by atoms with van der Waals surface area (Å²) in [6, 6.07) is 15.9. The Hall–Kier alpha value is -3.16. The van der Waals surface area contributed by atoms with Gasteiger partial charge in [0, 0.05) is 35.6 Å². The SMILES string of the molecule is CC(C)=CCn1nc(C(=O)NC2CC3COCC(C2)N3Cc2ccccc2O)c2ccccc21. The predicted octanol–water partition coefficient (Wildman–Crippen LogP) is 3.87. The van der Waals surface area contributed by atoms with Gasteiger partial charge in [-0.05, 0) is 38.8 Å². The number of carbonyl (C=O) groups is 1. The monoisotopic (exact) mass is 460 g/mol. The lowest BCUT2D eigenvalue weighted by molar-refractivity contribution is -0.0845. The zero-order valence-electron chi connectivity index (χ0n) is 19.8. The largest absolute Gasteiger partial charge is 0.508 e. The number of phenolic OH excluding ortho intramolecular Hbond substituents is 1. The Labute approximate surface area is 200 Å². The second kappa shape index (κ2) is 9.60. The van der Waals surface area contributed by atoms with Crippen LogP contribution in [0.4, 0.5) is 0 Å². The standard InChI is InChI=1S/C27H32N4O3/c1-18(2)11-12-31-24-9-5-4-8-23(24)26(29-31)27(33)28-20-13-21-16-34-17-22(14-20)30(21)15-19-7-3-6-10-25(19)32/h3-11,20-22,32H,12-17H2,1-2H3,(H,28,33). The van der Waals surface area contributed by atoms with E-state index in [4.69, 9.17) is 4.74 Å². The van der Waals surface area contributed by atoms with Gasteiger partial charge in [0.05, 0.1) is 25.3 Å². The van der Waals surface area contributed by atoms with Crippen LogP contribution >= 0.6 is 0 Å². The number of benzene rings is 2. The van der Waals surface area contributed by atoms with Gasteiger partial charge < -0.3 is 15.2 Å². The van der Waals surface area contributed by atoms with Gasteiger partial charge >= 0.3 is 0 Å². The molecule has 2 aromatic carbocycles. The number of fused-ring (bicyclic) bond motifs is 3. The number of aromatic nitrogens is 2. The van der Waals surface area contributed by atoms with Crippen LogP contribution in [0.25, 0.3) is 10.9 Å². The summed E-state index contributed by atoms with van der Waals surface area (Å²) in [7, 11) is 0. The van der Waals surface area contributed by atoms with Gasteiger partial charge in [-0.3, -0.25) is 14.4 Å². The summed E-state index contributed by atoms with van der Waals surface area (Å²) in [5, 5.41) is 19.1. The fraction of sp³-hybridized carbons (Fsp3) is 0.407. The Morgan fingerprint density at radius 3 is 2.56 bits per heavy atom. The third-order valence-electron chi connectivity index (χ3n) is 6.90. The minimum absolute atomic E-state index is 0.0636. The molecule has 2 bridgehead atoms. The number of para-hydroxylation sites is 2. The first-order valence-corrected chi connectivity index (χ1v) is 12.0. The molecule has 3 heterocycles. The number of phenols is 1. The number of amides is 1. The number of rotatable bonds is 6. The number of hydrogen-bond acceptors (Lipinski definition) is 5.